The van der Waals surface area contributed by atoms with Crippen molar-refractivity contribution in [2.45, 2.75) is 25.8 Å². The molecule has 0 saturated heterocycles. The van der Waals surface area contributed by atoms with Gasteiger partial charge in [0.05, 0.1) is 0 Å². The van der Waals surface area contributed by atoms with E-state index in [0.717, 1.165) is 6.42 Å². The van der Waals surface area contributed by atoms with Crippen LogP contribution >= 0.6 is 11.6 Å². The fraction of sp³-hybridized carbons (Fsp3) is 0.600. The molecule has 0 N–H and O–H groups in total. The van der Waals surface area contributed by atoms with Crippen LogP contribution in [0.5, 0.6) is 0 Å². The molecule has 0 aliphatic rings. The van der Waals surface area contributed by atoms with Crippen LogP contribution in [0.1, 0.15) is 20.3 Å². The molecule has 0 amide bonds. The molecule has 0 saturated carbocycles. The lowest BCUT2D eigenvalue weighted by molar-refractivity contribution is 0.330. The summed E-state index contributed by atoms with van der Waals surface area (Å²) < 4.78 is 5.80. The van der Waals surface area contributed by atoms with Gasteiger partial charge in [0.2, 0.25) is 8.32 Å². The Bertz CT molecular complexity index is 162. The van der Waals surface area contributed by atoms with Crippen LogP contribution in [0.3, 0.4) is 0 Å². The topological polar surface area (TPSA) is 9.23 Å². The summed E-state index contributed by atoms with van der Waals surface area (Å²) in [5.41, 5.74) is 4.41. The number of hydrogen-bond acceptors (Lipinski definition) is 1. The van der Waals surface area contributed by atoms with Gasteiger partial charge in [0, 0.05) is 12.5 Å². The second-order valence-corrected chi connectivity index (χ2v) is 7.28. The molecule has 0 spiro atoms. The summed E-state index contributed by atoms with van der Waals surface area (Å²) in [5.74, 6) is 0.535. The van der Waals surface area contributed by atoms with E-state index in [-0.39, 0.29) is 0 Å². The molecule has 1 nitrogen and oxygen atoms in total. The normalized spacial score (nSPS) is 13.8. The molecular weight excluding hydrogens is 200 g/mol. The second kappa shape index (κ2) is 6.41. The molecule has 0 radical (unpaired) electrons. The maximum atomic E-state index is 5.80. The van der Waals surface area contributed by atoms with Gasteiger partial charge in [-0.15, -0.1) is 24.8 Å². The minimum absolute atomic E-state index is 0.519. The SMILES string of the molecule is C=C[Si](C=C)(OCCCl)C(C)CC. The first-order valence-electron chi connectivity index (χ1n) is 4.64. The summed E-state index contributed by atoms with van der Waals surface area (Å²) in [7, 11) is -1.92. The van der Waals surface area contributed by atoms with Crippen LogP contribution in [0, 0.1) is 0 Å². The standard InChI is InChI=1S/C10H19ClOSi/c1-5-10(4)13(6-2,7-3)12-9-8-11/h6-7,10H,2-3,5,8-9H2,1,4H3. The van der Waals surface area contributed by atoms with E-state index >= 15 is 0 Å². The van der Waals surface area contributed by atoms with E-state index in [2.05, 4.69) is 27.0 Å². The van der Waals surface area contributed by atoms with Crippen molar-refractivity contribution in [1.82, 2.24) is 0 Å². The molecule has 1 unspecified atom stereocenters. The zero-order chi connectivity index (χ0) is 10.3. The Morgan fingerprint density at radius 2 is 2.00 bits per heavy atom. The lowest BCUT2D eigenvalue weighted by Crippen LogP contribution is -2.39. The van der Waals surface area contributed by atoms with Crippen molar-refractivity contribution in [2.75, 3.05) is 12.5 Å². The van der Waals surface area contributed by atoms with Crippen LogP contribution in [0.15, 0.2) is 24.6 Å². The molecule has 0 rings (SSSR count). The Kier molecular flexibility index (Phi) is 6.38. The van der Waals surface area contributed by atoms with Crippen LogP contribution in [-0.4, -0.2) is 20.8 Å². The van der Waals surface area contributed by atoms with E-state index in [4.69, 9.17) is 16.0 Å². The van der Waals surface area contributed by atoms with Crippen molar-refractivity contribution in [3.05, 3.63) is 24.6 Å². The van der Waals surface area contributed by atoms with Gasteiger partial charge in [0.15, 0.2) is 0 Å². The van der Waals surface area contributed by atoms with Gasteiger partial charge < -0.3 is 4.43 Å². The summed E-state index contributed by atoms with van der Waals surface area (Å²) >= 11 is 5.60. The number of alkyl halides is 1. The number of hydrogen-bond donors (Lipinski definition) is 0. The molecule has 0 fully saturated rings. The van der Waals surface area contributed by atoms with Gasteiger partial charge in [0.1, 0.15) is 0 Å². The molecule has 0 bridgehead atoms. The lowest BCUT2D eigenvalue weighted by atomic mass is 10.4. The first-order valence-corrected chi connectivity index (χ1v) is 7.31. The largest absolute Gasteiger partial charge is 0.408 e. The molecule has 0 aliphatic heterocycles. The Morgan fingerprint density at radius 1 is 1.46 bits per heavy atom. The van der Waals surface area contributed by atoms with E-state index in [1.165, 1.54) is 0 Å². The minimum Gasteiger partial charge on any atom is -0.408 e. The molecule has 1 atom stereocenters. The summed E-state index contributed by atoms with van der Waals surface area (Å²) in [5, 5.41) is 0. The molecule has 13 heavy (non-hydrogen) atoms. The van der Waals surface area contributed by atoms with Crippen LogP contribution < -0.4 is 0 Å². The third kappa shape index (κ3) is 3.29. The Labute approximate surface area is 87.6 Å². The number of halogens is 1. The second-order valence-electron chi connectivity index (χ2n) is 3.11. The van der Waals surface area contributed by atoms with E-state index < -0.39 is 8.32 Å². The first-order chi connectivity index (χ1) is 6.16. The monoisotopic (exact) mass is 218 g/mol. The van der Waals surface area contributed by atoms with Crippen LogP contribution in [0.25, 0.3) is 0 Å². The molecule has 0 aliphatic carbocycles. The predicted molar refractivity (Wildman–Crippen MR) is 62.5 cm³/mol. The van der Waals surface area contributed by atoms with Crippen molar-refractivity contribution in [3.63, 3.8) is 0 Å². The lowest BCUT2D eigenvalue weighted by Gasteiger charge is -2.29. The fourth-order valence-corrected chi connectivity index (χ4v) is 4.07. The molecule has 76 valence electrons. The van der Waals surface area contributed by atoms with Crippen molar-refractivity contribution in [2.24, 2.45) is 0 Å². The minimum atomic E-state index is -1.92. The molecule has 0 aromatic carbocycles. The van der Waals surface area contributed by atoms with Crippen molar-refractivity contribution in [1.29, 1.82) is 0 Å². The summed E-state index contributed by atoms with van der Waals surface area (Å²) in [6.45, 7) is 12.6. The third-order valence-electron chi connectivity index (χ3n) is 2.45. The molecule has 0 heterocycles. The average molecular weight is 219 g/mol. The Hall–Kier alpha value is -0.0531. The van der Waals surface area contributed by atoms with Crippen LogP contribution in [0.4, 0.5) is 0 Å². The van der Waals surface area contributed by atoms with E-state index in [9.17, 15) is 0 Å². The van der Waals surface area contributed by atoms with Gasteiger partial charge in [-0.2, -0.15) is 0 Å². The maximum Gasteiger partial charge on any atom is 0.243 e. The highest BCUT2D eigenvalue weighted by Gasteiger charge is 2.33. The Balaban J connectivity index is 4.48. The highest BCUT2D eigenvalue weighted by Crippen LogP contribution is 2.27. The van der Waals surface area contributed by atoms with Crippen molar-refractivity contribution >= 4 is 19.9 Å². The highest BCUT2D eigenvalue weighted by atomic mass is 35.5. The van der Waals surface area contributed by atoms with E-state index in [0.29, 0.717) is 18.0 Å². The summed E-state index contributed by atoms with van der Waals surface area (Å²) in [4.78, 5) is 0. The summed E-state index contributed by atoms with van der Waals surface area (Å²) in [6.07, 6.45) is 1.09. The highest BCUT2D eigenvalue weighted by molar-refractivity contribution is 6.84. The van der Waals surface area contributed by atoms with Crippen molar-refractivity contribution in [3.8, 4) is 0 Å². The fourth-order valence-electron chi connectivity index (χ4n) is 1.28. The van der Waals surface area contributed by atoms with Gasteiger partial charge in [-0.3, -0.25) is 0 Å². The summed E-state index contributed by atoms with van der Waals surface area (Å²) in [6, 6.07) is 0. The Morgan fingerprint density at radius 3 is 2.31 bits per heavy atom. The average Bonchev–Trinajstić information content (AvgIpc) is 2.19. The van der Waals surface area contributed by atoms with E-state index in [1.54, 1.807) is 0 Å². The van der Waals surface area contributed by atoms with Gasteiger partial charge in [0.25, 0.3) is 0 Å². The molecule has 0 aromatic rings. The van der Waals surface area contributed by atoms with Gasteiger partial charge in [-0.1, -0.05) is 31.7 Å². The van der Waals surface area contributed by atoms with Crippen LogP contribution in [0.2, 0.25) is 5.54 Å². The maximum absolute atomic E-state index is 5.80. The van der Waals surface area contributed by atoms with Crippen molar-refractivity contribution < 1.29 is 4.43 Å². The first kappa shape index (κ1) is 12.9. The smallest absolute Gasteiger partial charge is 0.243 e. The molecule has 0 aromatic heterocycles. The molecule has 3 heteroatoms. The number of rotatable bonds is 7. The zero-order valence-electron chi connectivity index (χ0n) is 8.55. The van der Waals surface area contributed by atoms with Gasteiger partial charge >= 0.3 is 0 Å². The zero-order valence-corrected chi connectivity index (χ0v) is 10.3. The van der Waals surface area contributed by atoms with E-state index in [1.807, 2.05) is 11.4 Å². The van der Waals surface area contributed by atoms with Gasteiger partial charge in [-0.25, -0.2) is 0 Å². The predicted octanol–water partition coefficient (Wildman–Crippen LogP) is 3.44. The van der Waals surface area contributed by atoms with Crippen LogP contribution in [-0.2, 0) is 4.43 Å². The van der Waals surface area contributed by atoms with Gasteiger partial charge in [-0.05, 0) is 5.54 Å². The molecular formula is C10H19ClOSi. The quantitative estimate of drug-likeness (QED) is 0.470. The third-order valence-corrected chi connectivity index (χ3v) is 6.53.